The first kappa shape index (κ1) is 26.7. The molecule has 1 amide bonds. The van der Waals surface area contributed by atoms with Crippen molar-refractivity contribution >= 4 is 28.9 Å². The summed E-state index contributed by atoms with van der Waals surface area (Å²) in [6.45, 7) is 13.5. The minimum atomic E-state index is -0.571. The summed E-state index contributed by atoms with van der Waals surface area (Å²) in [6, 6.07) is 13.8. The number of carbonyl (C=O) groups is 1. The molecule has 0 aliphatic heterocycles. The van der Waals surface area contributed by atoms with Crippen LogP contribution in [-0.4, -0.2) is 24.2 Å². The largest absolute Gasteiger partial charge is 0.494 e. The Morgan fingerprint density at radius 1 is 1.06 bits per heavy atom. The van der Waals surface area contributed by atoms with E-state index in [0.717, 1.165) is 35.6 Å². The van der Waals surface area contributed by atoms with Gasteiger partial charge in [0.2, 0.25) is 5.91 Å². The first-order valence-corrected chi connectivity index (χ1v) is 12.0. The third kappa shape index (κ3) is 9.42. The Morgan fingerprint density at radius 3 is 2.55 bits per heavy atom. The van der Waals surface area contributed by atoms with Crippen molar-refractivity contribution in [3.63, 3.8) is 0 Å². The fraction of sp³-hybridized carbons (Fsp3) is 0.481. The van der Waals surface area contributed by atoms with Crippen molar-refractivity contribution in [3.05, 3.63) is 53.6 Å². The molecule has 0 radical (unpaired) electrons. The third-order valence-electron chi connectivity index (χ3n) is 5.44. The van der Waals surface area contributed by atoms with Crippen molar-refractivity contribution in [2.45, 2.75) is 60.8 Å². The summed E-state index contributed by atoms with van der Waals surface area (Å²) in [6.07, 6.45) is 2.45. The molecule has 6 heteroatoms. The second-order valence-electron chi connectivity index (χ2n) is 9.57. The number of anilines is 1. The molecule has 2 N–H and O–H groups in total. The Labute approximate surface area is 204 Å². The molecule has 0 unspecified atom stereocenters. The number of aryl methyl sites for hydroxylation is 2. The van der Waals surface area contributed by atoms with E-state index >= 15 is 0 Å². The van der Waals surface area contributed by atoms with E-state index in [1.165, 1.54) is 5.56 Å². The highest BCUT2D eigenvalue weighted by Gasteiger charge is 2.27. The van der Waals surface area contributed by atoms with Crippen LogP contribution >= 0.6 is 12.2 Å². The smallest absolute Gasteiger partial charge is 0.231 e. The Balaban J connectivity index is 1.79. The van der Waals surface area contributed by atoms with Gasteiger partial charge in [-0.1, -0.05) is 45.9 Å². The molecule has 5 nitrogen and oxygen atoms in total. The number of rotatable bonds is 11. The van der Waals surface area contributed by atoms with Crippen molar-refractivity contribution in [3.8, 4) is 11.5 Å². The molecular weight excluding hydrogens is 432 g/mol. The van der Waals surface area contributed by atoms with Crippen molar-refractivity contribution in [2.24, 2.45) is 11.3 Å². The number of benzene rings is 2. The number of ether oxygens (including phenoxy) is 2. The summed E-state index contributed by atoms with van der Waals surface area (Å²) in [7, 11) is 0. The van der Waals surface area contributed by atoms with Gasteiger partial charge in [0, 0.05) is 17.2 Å². The van der Waals surface area contributed by atoms with E-state index in [0.29, 0.717) is 25.6 Å². The molecule has 0 fully saturated rings. The maximum atomic E-state index is 12.8. The lowest BCUT2D eigenvalue weighted by Crippen LogP contribution is -2.42. The molecule has 180 valence electrons. The SMILES string of the molecule is Cc1ccc(C)c(OCCCC(C)(C)C(=O)NC(=S)Nc2cccc(OCCC(C)C)c2)c1. The standard InChI is InChI=1S/C27H38N2O3S/c1-19(2)13-16-31-23-10-7-9-22(18-23)28-26(33)29-25(30)27(5,6)14-8-15-32-24-17-20(3)11-12-21(24)4/h7,9-12,17-19H,8,13-16H2,1-6H3,(H2,28,29,30,33). The first-order chi connectivity index (χ1) is 15.6. The van der Waals surface area contributed by atoms with Crippen LogP contribution in [0.4, 0.5) is 5.69 Å². The molecule has 0 aromatic heterocycles. The summed E-state index contributed by atoms with van der Waals surface area (Å²) in [5, 5.41) is 6.18. The van der Waals surface area contributed by atoms with Crippen LogP contribution < -0.4 is 20.1 Å². The van der Waals surface area contributed by atoms with Gasteiger partial charge in [-0.2, -0.15) is 0 Å². The topological polar surface area (TPSA) is 59.6 Å². The summed E-state index contributed by atoms with van der Waals surface area (Å²) < 4.78 is 11.7. The van der Waals surface area contributed by atoms with E-state index < -0.39 is 5.41 Å². The van der Waals surface area contributed by atoms with Crippen LogP contribution in [0.2, 0.25) is 0 Å². The molecule has 0 saturated carbocycles. The van der Waals surface area contributed by atoms with E-state index in [1.807, 2.05) is 58.0 Å². The zero-order valence-electron chi connectivity index (χ0n) is 20.8. The molecule has 2 aromatic rings. The van der Waals surface area contributed by atoms with E-state index in [9.17, 15) is 4.79 Å². The highest BCUT2D eigenvalue weighted by molar-refractivity contribution is 7.80. The Kier molecular flexibility index (Phi) is 10.2. The second-order valence-corrected chi connectivity index (χ2v) is 9.98. The van der Waals surface area contributed by atoms with Crippen molar-refractivity contribution in [2.75, 3.05) is 18.5 Å². The molecule has 33 heavy (non-hydrogen) atoms. The zero-order valence-corrected chi connectivity index (χ0v) is 21.6. The molecule has 0 atom stereocenters. The predicted octanol–water partition coefficient (Wildman–Crippen LogP) is 6.43. The van der Waals surface area contributed by atoms with E-state index in [2.05, 4.69) is 36.6 Å². The van der Waals surface area contributed by atoms with Gasteiger partial charge in [0.1, 0.15) is 11.5 Å². The van der Waals surface area contributed by atoms with Gasteiger partial charge in [-0.25, -0.2) is 0 Å². The van der Waals surface area contributed by atoms with Gasteiger partial charge in [0.15, 0.2) is 5.11 Å². The minimum absolute atomic E-state index is 0.115. The van der Waals surface area contributed by atoms with Crippen molar-refractivity contribution in [1.82, 2.24) is 5.32 Å². The van der Waals surface area contributed by atoms with Gasteiger partial charge in [-0.3, -0.25) is 4.79 Å². The molecule has 0 bridgehead atoms. The fourth-order valence-corrected chi connectivity index (χ4v) is 3.39. The highest BCUT2D eigenvalue weighted by atomic mass is 32.1. The van der Waals surface area contributed by atoms with Crippen LogP contribution in [0.3, 0.4) is 0 Å². The van der Waals surface area contributed by atoms with Crippen LogP contribution in [0.5, 0.6) is 11.5 Å². The average molecular weight is 471 g/mol. The molecule has 0 saturated heterocycles. The maximum Gasteiger partial charge on any atom is 0.231 e. The van der Waals surface area contributed by atoms with Crippen LogP contribution in [0.15, 0.2) is 42.5 Å². The predicted molar refractivity (Wildman–Crippen MR) is 140 cm³/mol. The maximum absolute atomic E-state index is 12.8. The molecule has 0 aliphatic carbocycles. The first-order valence-electron chi connectivity index (χ1n) is 11.6. The lowest BCUT2D eigenvalue weighted by Gasteiger charge is -2.24. The molecular formula is C27H38N2O3S. The van der Waals surface area contributed by atoms with Crippen LogP contribution in [0, 0.1) is 25.2 Å². The Morgan fingerprint density at radius 2 is 1.82 bits per heavy atom. The molecule has 0 aliphatic rings. The van der Waals surface area contributed by atoms with Crippen molar-refractivity contribution in [1.29, 1.82) is 0 Å². The summed E-state index contributed by atoms with van der Waals surface area (Å²) in [5.41, 5.74) is 2.49. The van der Waals surface area contributed by atoms with E-state index in [1.54, 1.807) is 0 Å². The van der Waals surface area contributed by atoms with E-state index in [-0.39, 0.29) is 11.0 Å². The normalized spacial score (nSPS) is 11.2. The molecule has 2 aromatic carbocycles. The molecule has 2 rings (SSSR count). The molecule has 0 spiro atoms. The van der Waals surface area contributed by atoms with Crippen LogP contribution in [0.25, 0.3) is 0 Å². The molecule has 0 heterocycles. The number of carbonyl (C=O) groups excluding carboxylic acids is 1. The number of hydrogen-bond acceptors (Lipinski definition) is 4. The van der Waals surface area contributed by atoms with Gasteiger partial charge in [0.05, 0.1) is 13.2 Å². The second kappa shape index (κ2) is 12.6. The minimum Gasteiger partial charge on any atom is -0.494 e. The Bertz CT molecular complexity index is 941. The quantitative estimate of drug-likeness (QED) is 0.293. The van der Waals surface area contributed by atoms with E-state index in [4.69, 9.17) is 21.7 Å². The lowest BCUT2D eigenvalue weighted by atomic mass is 9.87. The number of amides is 1. The van der Waals surface area contributed by atoms with Gasteiger partial charge in [0.25, 0.3) is 0 Å². The van der Waals surface area contributed by atoms with Gasteiger partial charge in [-0.15, -0.1) is 0 Å². The lowest BCUT2D eigenvalue weighted by molar-refractivity contribution is -0.128. The average Bonchev–Trinajstić information content (AvgIpc) is 2.73. The summed E-state index contributed by atoms with van der Waals surface area (Å²) in [5.74, 6) is 2.16. The van der Waals surface area contributed by atoms with Gasteiger partial charge in [-0.05, 0) is 80.6 Å². The highest BCUT2D eigenvalue weighted by Crippen LogP contribution is 2.24. The summed E-state index contributed by atoms with van der Waals surface area (Å²) >= 11 is 5.36. The van der Waals surface area contributed by atoms with Crippen LogP contribution in [-0.2, 0) is 4.79 Å². The van der Waals surface area contributed by atoms with Gasteiger partial charge < -0.3 is 20.1 Å². The van der Waals surface area contributed by atoms with Crippen molar-refractivity contribution < 1.29 is 14.3 Å². The monoisotopic (exact) mass is 470 g/mol. The summed E-state index contributed by atoms with van der Waals surface area (Å²) in [4.78, 5) is 12.8. The van der Waals surface area contributed by atoms with Gasteiger partial charge >= 0.3 is 0 Å². The third-order valence-corrected chi connectivity index (χ3v) is 5.65. The fourth-order valence-electron chi connectivity index (χ4n) is 3.18. The number of thiocarbonyl (C=S) groups is 1. The number of nitrogens with one attached hydrogen (secondary N) is 2. The Hall–Kier alpha value is -2.60. The van der Waals surface area contributed by atoms with Crippen LogP contribution in [0.1, 0.15) is 58.1 Å². The number of hydrogen-bond donors (Lipinski definition) is 2. The zero-order chi connectivity index (χ0) is 24.4.